The van der Waals surface area contributed by atoms with Crippen molar-refractivity contribution in [1.82, 2.24) is 9.13 Å². The molecule has 0 saturated carbocycles. The molecule has 0 aliphatic rings. The van der Waals surface area contributed by atoms with Gasteiger partial charge in [0.1, 0.15) is 11.2 Å². The summed E-state index contributed by atoms with van der Waals surface area (Å²) in [6.07, 6.45) is 0. The molecule has 11 aromatic rings. The maximum Gasteiger partial charge on any atom is 0.145 e. The van der Waals surface area contributed by atoms with Gasteiger partial charge in [-0.3, -0.25) is 0 Å². The first-order valence-electron chi connectivity index (χ1n) is 16.1. The summed E-state index contributed by atoms with van der Waals surface area (Å²) in [7, 11) is 0. The summed E-state index contributed by atoms with van der Waals surface area (Å²) < 4.78 is 11.6. The lowest BCUT2D eigenvalue weighted by Crippen LogP contribution is -1.97. The van der Waals surface area contributed by atoms with Gasteiger partial charge in [-0.05, 0) is 65.4 Å². The van der Waals surface area contributed by atoms with Crippen molar-refractivity contribution in [2.24, 2.45) is 0 Å². The summed E-state index contributed by atoms with van der Waals surface area (Å²) in [6, 6.07) is 57.0. The zero-order valence-electron chi connectivity index (χ0n) is 25.3. The van der Waals surface area contributed by atoms with Crippen LogP contribution < -0.4 is 0 Å². The fourth-order valence-corrected chi connectivity index (χ4v) is 8.14. The minimum Gasteiger partial charge on any atom is -0.455 e. The average molecular weight is 599 g/mol. The number of fused-ring (bicyclic) bond motifs is 13. The molecular formula is C44H26N2O. The van der Waals surface area contributed by atoms with Gasteiger partial charge in [0.2, 0.25) is 0 Å². The molecule has 11 rings (SSSR count). The van der Waals surface area contributed by atoms with Gasteiger partial charge in [0.05, 0.1) is 33.1 Å². The van der Waals surface area contributed by atoms with E-state index in [1.54, 1.807) is 0 Å². The Hall–Kier alpha value is -6.32. The number of aromatic nitrogens is 2. The van der Waals surface area contributed by atoms with Crippen molar-refractivity contribution in [3.05, 3.63) is 158 Å². The quantitative estimate of drug-likeness (QED) is 0.182. The Bertz CT molecular complexity index is 3010. The standard InChI is InChI=1S/C44H26N2O/c1-2-14-29(15-3-1)45-38-24-22-33-32-18-9-11-21-39(32)47-44(33)41(38)35-23-25-37-40(43(35)45)34-19-8-10-20-36(34)46(37)42-30-16-6-4-12-27(30)26-28-13-5-7-17-31(28)42/h1-26H. The number of hydrogen-bond donors (Lipinski definition) is 0. The molecular weight excluding hydrogens is 572 g/mol. The summed E-state index contributed by atoms with van der Waals surface area (Å²) in [5.74, 6) is 0. The number of nitrogens with zero attached hydrogens (tertiary/aromatic N) is 2. The highest BCUT2D eigenvalue weighted by atomic mass is 16.3. The maximum atomic E-state index is 6.67. The van der Waals surface area contributed by atoms with Crippen LogP contribution in [-0.4, -0.2) is 9.13 Å². The van der Waals surface area contributed by atoms with Gasteiger partial charge in [0.25, 0.3) is 0 Å². The Labute approximate surface area is 269 Å². The predicted octanol–water partition coefficient (Wildman–Crippen LogP) is 12.1. The van der Waals surface area contributed by atoms with Crippen molar-refractivity contribution < 1.29 is 4.42 Å². The Morgan fingerprint density at radius 2 is 0.979 bits per heavy atom. The van der Waals surface area contributed by atoms with Gasteiger partial charge >= 0.3 is 0 Å². The van der Waals surface area contributed by atoms with Crippen molar-refractivity contribution in [3.8, 4) is 11.4 Å². The number of benzene rings is 8. The molecule has 0 aliphatic carbocycles. The van der Waals surface area contributed by atoms with E-state index in [2.05, 4.69) is 161 Å². The van der Waals surface area contributed by atoms with Gasteiger partial charge in [-0.1, -0.05) is 103 Å². The zero-order valence-corrected chi connectivity index (χ0v) is 25.3. The van der Waals surface area contributed by atoms with Gasteiger partial charge in [0, 0.05) is 43.4 Å². The highest BCUT2D eigenvalue weighted by Crippen LogP contribution is 2.46. The van der Waals surface area contributed by atoms with E-state index in [0.717, 1.165) is 38.5 Å². The molecule has 0 radical (unpaired) electrons. The molecule has 3 aromatic heterocycles. The van der Waals surface area contributed by atoms with Crippen LogP contribution in [0.15, 0.2) is 162 Å². The van der Waals surface area contributed by atoms with E-state index in [9.17, 15) is 0 Å². The van der Waals surface area contributed by atoms with Crippen LogP contribution in [0.4, 0.5) is 0 Å². The molecule has 0 spiro atoms. The van der Waals surface area contributed by atoms with E-state index in [-0.39, 0.29) is 0 Å². The summed E-state index contributed by atoms with van der Waals surface area (Å²) in [4.78, 5) is 0. The lowest BCUT2D eigenvalue weighted by molar-refractivity contribution is 0.673. The van der Waals surface area contributed by atoms with E-state index in [4.69, 9.17) is 4.42 Å². The van der Waals surface area contributed by atoms with Crippen LogP contribution >= 0.6 is 0 Å². The highest BCUT2D eigenvalue weighted by molar-refractivity contribution is 6.31. The molecule has 0 fully saturated rings. The van der Waals surface area contributed by atoms with E-state index in [1.165, 1.54) is 59.9 Å². The SMILES string of the molecule is c1ccc(-n2c3ccc4c5ccccc5oc4c3c3ccc4c(c5ccccc5n4-c4c5ccccc5cc5ccccc45)c32)cc1. The molecule has 0 amide bonds. The zero-order chi connectivity index (χ0) is 30.6. The summed E-state index contributed by atoms with van der Waals surface area (Å²) in [5, 5.41) is 12.0. The largest absolute Gasteiger partial charge is 0.455 e. The first kappa shape index (κ1) is 24.9. The molecule has 3 heteroatoms. The number of furan rings is 1. The highest BCUT2D eigenvalue weighted by Gasteiger charge is 2.24. The van der Waals surface area contributed by atoms with Gasteiger partial charge in [-0.2, -0.15) is 0 Å². The van der Waals surface area contributed by atoms with E-state index in [0.29, 0.717) is 0 Å². The second-order valence-corrected chi connectivity index (χ2v) is 12.5. The van der Waals surface area contributed by atoms with Gasteiger partial charge < -0.3 is 13.6 Å². The third-order valence-electron chi connectivity index (χ3n) is 10.1. The molecule has 47 heavy (non-hydrogen) atoms. The van der Waals surface area contributed by atoms with Gasteiger partial charge in [0.15, 0.2) is 0 Å². The Kier molecular flexibility index (Phi) is 4.84. The minimum atomic E-state index is 0.913. The molecule has 218 valence electrons. The molecule has 0 atom stereocenters. The Balaban J connectivity index is 1.40. The first-order valence-corrected chi connectivity index (χ1v) is 16.1. The third-order valence-corrected chi connectivity index (χ3v) is 10.1. The fraction of sp³-hybridized carbons (Fsp3) is 0. The average Bonchev–Trinajstić information content (AvgIpc) is 3.78. The summed E-state index contributed by atoms with van der Waals surface area (Å²) in [5.41, 5.74) is 8.89. The van der Waals surface area contributed by atoms with Crippen molar-refractivity contribution in [2.45, 2.75) is 0 Å². The summed E-state index contributed by atoms with van der Waals surface area (Å²) >= 11 is 0. The lowest BCUT2D eigenvalue weighted by atomic mass is 10.0. The molecule has 8 aromatic carbocycles. The maximum absolute atomic E-state index is 6.67. The molecule has 0 saturated heterocycles. The van der Waals surface area contributed by atoms with Crippen LogP contribution in [0.5, 0.6) is 0 Å². The van der Waals surface area contributed by atoms with Crippen molar-refractivity contribution in [2.75, 3.05) is 0 Å². The topological polar surface area (TPSA) is 23.0 Å². The van der Waals surface area contributed by atoms with Crippen LogP contribution in [-0.2, 0) is 0 Å². The lowest BCUT2D eigenvalue weighted by Gasteiger charge is -2.15. The molecule has 0 bridgehead atoms. The number of rotatable bonds is 2. The van der Waals surface area contributed by atoms with E-state index < -0.39 is 0 Å². The van der Waals surface area contributed by atoms with Crippen molar-refractivity contribution in [1.29, 1.82) is 0 Å². The predicted molar refractivity (Wildman–Crippen MR) is 197 cm³/mol. The van der Waals surface area contributed by atoms with Crippen LogP contribution in [0, 0.1) is 0 Å². The van der Waals surface area contributed by atoms with E-state index in [1.807, 2.05) is 6.07 Å². The number of hydrogen-bond acceptors (Lipinski definition) is 1. The van der Waals surface area contributed by atoms with Crippen LogP contribution in [0.25, 0.3) is 98.5 Å². The molecule has 0 unspecified atom stereocenters. The van der Waals surface area contributed by atoms with Crippen LogP contribution in [0.1, 0.15) is 0 Å². The van der Waals surface area contributed by atoms with Crippen molar-refractivity contribution in [3.63, 3.8) is 0 Å². The Morgan fingerprint density at radius 1 is 0.383 bits per heavy atom. The molecule has 0 aliphatic heterocycles. The van der Waals surface area contributed by atoms with Gasteiger partial charge in [-0.15, -0.1) is 0 Å². The van der Waals surface area contributed by atoms with Crippen LogP contribution in [0.2, 0.25) is 0 Å². The number of para-hydroxylation sites is 3. The molecule has 3 nitrogen and oxygen atoms in total. The minimum absolute atomic E-state index is 0.913. The first-order chi connectivity index (χ1) is 23.3. The monoisotopic (exact) mass is 598 g/mol. The van der Waals surface area contributed by atoms with Crippen LogP contribution in [0.3, 0.4) is 0 Å². The fourth-order valence-electron chi connectivity index (χ4n) is 8.14. The summed E-state index contributed by atoms with van der Waals surface area (Å²) in [6.45, 7) is 0. The van der Waals surface area contributed by atoms with Crippen molar-refractivity contribution >= 4 is 87.1 Å². The van der Waals surface area contributed by atoms with E-state index >= 15 is 0 Å². The Morgan fingerprint density at radius 3 is 1.74 bits per heavy atom. The smallest absolute Gasteiger partial charge is 0.145 e. The second kappa shape index (κ2) is 9.12. The molecule has 0 N–H and O–H groups in total. The normalized spacial score (nSPS) is 12.3. The van der Waals surface area contributed by atoms with Gasteiger partial charge in [-0.25, -0.2) is 0 Å². The third kappa shape index (κ3) is 3.25. The molecule has 3 heterocycles. The second-order valence-electron chi connectivity index (χ2n) is 12.5.